The Morgan fingerprint density at radius 2 is 2.05 bits per heavy atom. The zero-order valence-electron chi connectivity index (χ0n) is 10.3. The van der Waals surface area contributed by atoms with Crippen molar-refractivity contribution in [2.45, 2.75) is 0 Å². The minimum absolute atomic E-state index is 0.276. The third-order valence-electron chi connectivity index (χ3n) is 2.65. The van der Waals surface area contributed by atoms with E-state index < -0.39 is 5.82 Å². The molecule has 2 aromatic rings. The van der Waals surface area contributed by atoms with Crippen molar-refractivity contribution in [1.82, 2.24) is 0 Å². The van der Waals surface area contributed by atoms with Gasteiger partial charge in [-0.15, -0.1) is 0 Å². The Kier molecular flexibility index (Phi) is 4.44. The van der Waals surface area contributed by atoms with Gasteiger partial charge in [-0.2, -0.15) is 5.26 Å². The number of carbonyl (C=O) groups is 1. The fourth-order valence-corrected chi connectivity index (χ4v) is 2.02. The SMILES string of the molecule is N#Cc1cccc(C(=O)/C=C/c2cc(Br)ccc2F)c1. The van der Waals surface area contributed by atoms with Crippen LogP contribution in [0, 0.1) is 17.1 Å². The zero-order valence-corrected chi connectivity index (χ0v) is 11.9. The Hall–Kier alpha value is -2.25. The fraction of sp³-hybridized carbons (Fsp3) is 0. The van der Waals surface area contributed by atoms with E-state index in [-0.39, 0.29) is 5.78 Å². The molecule has 0 aliphatic heterocycles. The van der Waals surface area contributed by atoms with Gasteiger partial charge in [-0.05, 0) is 42.5 Å². The van der Waals surface area contributed by atoms with Crippen LogP contribution < -0.4 is 0 Å². The van der Waals surface area contributed by atoms with E-state index in [9.17, 15) is 9.18 Å². The number of hydrogen-bond donors (Lipinski definition) is 0. The summed E-state index contributed by atoms with van der Waals surface area (Å²) in [5.74, 6) is -0.676. The predicted molar refractivity (Wildman–Crippen MR) is 78.6 cm³/mol. The lowest BCUT2D eigenvalue weighted by Gasteiger charge is -1.99. The summed E-state index contributed by atoms with van der Waals surface area (Å²) in [6.07, 6.45) is 2.71. The van der Waals surface area contributed by atoms with Crippen LogP contribution in [0.15, 0.2) is 53.0 Å². The predicted octanol–water partition coefficient (Wildman–Crippen LogP) is 4.36. The lowest BCUT2D eigenvalue weighted by Crippen LogP contribution is -1.94. The Balaban J connectivity index is 2.25. The minimum Gasteiger partial charge on any atom is -0.289 e. The average molecular weight is 330 g/mol. The largest absolute Gasteiger partial charge is 0.289 e. The van der Waals surface area contributed by atoms with Crippen LogP contribution in [-0.2, 0) is 0 Å². The topological polar surface area (TPSA) is 40.9 Å². The summed E-state index contributed by atoms with van der Waals surface area (Å²) in [6.45, 7) is 0. The normalized spacial score (nSPS) is 10.4. The number of nitrogens with zero attached hydrogens (tertiary/aromatic N) is 1. The van der Waals surface area contributed by atoms with E-state index in [1.54, 1.807) is 30.3 Å². The molecule has 0 fully saturated rings. The highest BCUT2D eigenvalue weighted by Crippen LogP contribution is 2.17. The smallest absolute Gasteiger partial charge is 0.185 e. The molecule has 98 valence electrons. The average Bonchev–Trinajstić information content (AvgIpc) is 2.48. The van der Waals surface area contributed by atoms with Gasteiger partial charge in [0.05, 0.1) is 11.6 Å². The van der Waals surface area contributed by atoms with Crippen molar-refractivity contribution < 1.29 is 9.18 Å². The maximum atomic E-state index is 13.5. The molecule has 0 atom stereocenters. The van der Waals surface area contributed by atoms with E-state index in [0.29, 0.717) is 16.7 Å². The van der Waals surface area contributed by atoms with Gasteiger partial charge in [-0.25, -0.2) is 4.39 Å². The second-order valence-electron chi connectivity index (χ2n) is 4.06. The summed E-state index contributed by atoms with van der Waals surface area (Å²) in [7, 11) is 0. The van der Waals surface area contributed by atoms with Crippen LogP contribution in [0.5, 0.6) is 0 Å². The Morgan fingerprint density at radius 3 is 2.80 bits per heavy atom. The van der Waals surface area contributed by atoms with Crippen molar-refractivity contribution in [2.75, 3.05) is 0 Å². The van der Waals surface area contributed by atoms with Crippen molar-refractivity contribution in [3.63, 3.8) is 0 Å². The molecule has 20 heavy (non-hydrogen) atoms. The molecule has 4 heteroatoms. The highest BCUT2D eigenvalue weighted by atomic mass is 79.9. The molecule has 0 bridgehead atoms. The Labute approximate surface area is 124 Å². The van der Waals surface area contributed by atoms with Crippen LogP contribution in [0.25, 0.3) is 6.08 Å². The van der Waals surface area contributed by atoms with Crippen LogP contribution in [0.1, 0.15) is 21.5 Å². The highest BCUT2D eigenvalue weighted by Gasteiger charge is 2.04. The highest BCUT2D eigenvalue weighted by molar-refractivity contribution is 9.10. The van der Waals surface area contributed by atoms with Crippen LogP contribution >= 0.6 is 15.9 Å². The van der Waals surface area contributed by atoms with Gasteiger partial charge in [-0.1, -0.05) is 28.1 Å². The molecule has 0 N–H and O–H groups in total. The maximum absolute atomic E-state index is 13.5. The molecule has 2 nitrogen and oxygen atoms in total. The molecular formula is C16H9BrFNO. The summed E-state index contributed by atoms with van der Waals surface area (Å²) in [5.41, 5.74) is 1.14. The first kappa shape index (κ1) is 14.2. The molecule has 0 saturated carbocycles. The molecule has 0 aliphatic carbocycles. The van der Waals surface area contributed by atoms with Gasteiger partial charge in [-0.3, -0.25) is 4.79 Å². The molecule has 0 radical (unpaired) electrons. The van der Waals surface area contributed by atoms with E-state index in [2.05, 4.69) is 15.9 Å². The lowest BCUT2D eigenvalue weighted by molar-refractivity contribution is 0.104. The lowest BCUT2D eigenvalue weighted by atomic mass is 10.1. The van der Waals surface area contributed by atoms with Crippen molar-refractivity contribution in [1.29, 1.82) is 5.26 Å². The summed E-state index contributed by atoms with van der Waals surface area (Å²) in [4.78, 5) is 12.0. The Morgan fingerprint density at radius 1 is 1.25 bits per heavy atom. The van der Waals surface area contributed by atoms with Crippen LogP contribution in [0.4, 0.5) is 4.39 Å². The summed E-state index contributed by atoms with van der Waals surface area (Å²) in [6, 6.07) is 12.8. The number of nitriles is 1. The van der Waals surface area contributed by atoms with Gasteiger partial charge in [0.25, 0.3) is 0 Å². The summed E-state index contributed by atoms with van der Waals surface area (Å²) in [5, 5.41) is 8.78. The van der Waals surface area contributed by atoms with E-state index in [0.717, 1.165) is 4.47 Å². The van der Waals surface area contributed by atoms with Crippen molar-refractivity contribution in [3.8, 4) is 6.07 Å². The van der Waals surface area contributed by atoms with Gasteiger partial charge in [0.2, 0.25) is 0 Å². The van der Waals surface area contributed by atoms with Crippen molar-refractivity contribution in [2.24, 2.45) is 0 Å². The molecule has 0 unspecified atom stereocenters. The first-order valence-corrected chi connectivity index (χ1v) is 6.57. The second kappa shape index (κ2) is 6.27. The quantitative estimate of drug-likeness (QED) is 0.620. The Bertz CT molecular complexity index is 731. The van der Waals surface area contributed by atoms with Crippen LogP contribution in [-0.4, -0.2) is 5.78 Å². The van der Waals surface area contributed by atoms with E-state index in [1.165, 1.54) is 24.3 Å². The van der Waals surface area contributed by atoms with Crippen LogP contribution in [0.2, 0.25) is 0 Å². The zero-order chi connectivity index (χ0) is 14.5. The van der Waals surface area contributed by atoms with Gasteiger partial charge < -0.3 is 0 Å². The van der Waals surface area contributed by atoms with Crippen LogP contribution in [0.3, 0.4) is 0 Å². The van der Waals surface area contributed by atoms with Gasteiger partial charge >= 0.3 is 0 Å². The minimum atomic E-state index is -0.400. The number of benzene rings is 2. The first-order chi connectivity index (χ1) is 9.60. The molecule has 2 aromatic carbocycles. The van der Waals surface area contributed by atoms with Crippen molar-refractivity contribution >= 4 is 27.8 Å². The third kappa shape index (κ3) is 3.40. The molecule has 2 rings (SSSR count). The van der Waals surface area contributed by atoms with E-state index >= 15 is 0 Å². The third-order valence-corrected chi connectivity index (χ3v) is 3.14. The maximum Gasteiger partial charge on any atom is 0.185 e. The molecule has 0 spiro atoms. The summed E-state index contributed by atoms with van der Waals surface area (Å²) >= 11 is 3.25. The standard InChI is InChI=1S/C16H9BrFNO/c17-14-5-6-15(18)12(9-14)4-7-16(20)13-3-1-2-11(8-13)10-19/h1-9H/b7-4+. The molecule has 0 saturated heterocycles. The second-order valence-corrected chi connectivity index (χ2v) is 4.97. The van der Waals surface area contributed by atoms with E-state index in [1.807, 2.05) is 6.07 Å². The van der Waals surface area contributed by atoms with Gasteiger partial charge in [0.1, 0.15) is 5.82 Å². The number of hydrogen-bond acceptors (Lipinski definition) is 2. The number of halogens is 2. The molecule has 0 amide bonds. The molecule has 0 aliphatic rings. The van der Waals surface area contributed by atoms with Gasteiger partial charge in [0.15, 0.2) is 5.78 Å². The fourth-order valence-electron chi connectivity index (χ4n) is 1.65. The number of ketones is 1. The molecule has 0 aromatic heterocycles. The van der Waals surface area contributed by atoms with Crippen molar-refractivity contribution in [3.05, 3.63) is 75.5 Å². The monoisotopic (exact) mass is 329 g/mol. The molecule has 0 heterocycles. The van der Waals surface area contributed by atoms with Gasteiger partial charge in [0, 0.05) is 15.6 Å². The number of allylic oxidation sites excluding steroid dienone is 1. The van der Waals surface area contributed by atoms with E-state index in [4.69, 9.17) is 5.26 Å². The number of carbonyl (C=O) groups excluding carboxylic acids is 1. The first-order valence-electron chi connectivity index (χ1n) is 5.78. The number of rotatable bonds is 3. The molecular weight excluding hydrogens is 321 g/mol. The summed E-state index contributed by atoms with van der Waals surface area (Å²) < 4.78 is 14.2.